The average Bonchev–Trinajstić information content (AvgIpc) is 3.17. The van der Waals surface area contributed by atoms with Crippen molar-refractivity contribution in [2.24, 2.45) is 0 Å². The van der Waals surface area contributed by atoms with Crippen molar-refractivity contribution in [3.05, 3.63) is 84.2 Å². The van der Waals surface area contributed by atoms with E-state index in [0.29, 0.717) is 16.7 Å². The molecule has 0 spiro atoms. The number of phenols is 2. The number of nitrogens with zero attached hydrogens (tertiary/aromatic N) is 2. The zero-order valence-corrected chi connectivity index (χ0v) is 16.3. The maximum Gasteiger partial charge on any atom is 0.305 e. The summed E-state index contributed by atoms with van der Waals surface area (Å²) in [4.78, 5) is 28.4. The second kappa shape index (κ2) is 8.19. The number of aromatic hydroxyl groups is 2. The minimum absolute atomic E-state index is 0.0679. The second-order valence-corrected chi connectivity index (χ2v) is 7.04. The molecule has 0 aliphatic carbocycles. The summed E-state index contributed by atoms with van der Waals surface area (Å²) in [6, 6.07) is 17.5. The Hall–Kier alpha value is -4.33. The predicted molar refractivity (Wildman–Crippen MR) is 114 cm³/mol. The highest BCUT2D eigenvalue weighted by Crippen LogP contribution is 2.29. The number of imidazole rings is 1. The first-order chi connectivity index (χ1) is 14.9. The topological polar surface area (TPSA) is 125 Å². The molecule has 0 saturated carbocycles. The van der Waals surface area contributed by atoms with Gasteiger partial charge in [-0.25, -0.2) is 4.98 Å². The number of anilines is 1. The van der Waals surface area contributed by atoms with Gasteiger partial charge in [0.15, 0.2) is 0 Å². The normalized spacial score (nSPS) is 11.9. The van der Waals surface area contributed by atoms with Gasteiger partial charge < -0.3 is 25.2 Å². The van der Waals surface area contributed by atoms with Crippen LogP contribution in [0.4, 0.5) is 5.69 Å². The molecule has 0 fully saturated rings. The third-order valence-corrected chi connectivity index (χ3v) is 4.95. The molecule has 1 atom stereocenters. The monoisotopic (exact) mass is 417 g/mol. The van der Waals surface area contributed by atoms with Crippen LogP contribution in [0, 0.1) is 0 Å². The van der Waals surface area contributed by atoms with Crippen molar-refractivity contribution in [3.63, 3.8) is 0 Å². The molecule has 8 heteroatoms. The van der Waals surface area contributed by atoms with Gasteiger partial charge in [-0.05, 0) is 42.0 Å². The second-order valence-electron chi connectivity index (χ2n) is 7.04. The smallest absolute Gasteiger partial charge is 0.305 e. The van der Waals surface area contributed by atoms with Gasteiger partial charge in [0.2, 0.25) is 0 Å². The largest absolute Gasteiger partial charge is 0.508 e. The number of carbonyl (C=O) groups excluding carboxylic acids is 1. The number of carboxylic acids is 1. The number of amides is 1. The third kappa shape index (κ3) is 4.18. The van der Waals surface area contributed by atoms with Crippen molar-refractivity contribution >= 4 is 28.6 Å². The molecular weight excluding hydrogens is 398 g/mol. The van der Waals surface area contributed by atoms with Gasteiger partial charge in [-0.2, -0.15) is 0 Å². The maximum absolute atomic E-state index is 12.6. The van der Waals surface area contributed by atoms with Gasteiger partial charge in [-0.3, -0.25) is 9.59 Å². The van der Waals surface area contributed by atoms with Crippen molar-refractivity contribution in [1.29, 1.82) is 0 Å². The molecule has 1 amide bonds. The number of carbonyl (C=O) groups is 2. The highest BCUT2D eigenvalue weighted by Gasteiger charge is 2.20. The van der Waals surface area contributed by atoms with E-state index < -0.39 is 17.9 Å². The summed E-state index contributed by atoms with van der Waals surface area (Å²) in [5, 5.41) is 31.6. The number of benzene rings is 3. The number of carboxylic acid groups (broad SMARTS) is 1. The first kappa shape index (κ1) is 20.0. The van der Waals surface area contributed by atoms with E-state index in [-0.39, 0.29) is 23.5 Å². The molecule has 4 N–H and O–H groups in total. The molecule has 4 aromatic rings. The van der Waals surface area contributed by atoms with Gasteiger partial charge in [-0.1, -0.05) is 30.3 Å². The van der Waals surface area contributed by atoms with E-state index in [2.05, 4.69) is 10.3 Å². The first-order valence-corrected chi connectivity index (χ1v) is 9.49. The van der Waals surface area contributed by atoms with E-state index in [1.165, 1.54) is 18.2 Å². The van der Waals surface area contributed by atoms with Crippen LogP contribution in [-0.4, -0.2) is 36.7 Å². The number of rotatable bonds is 6. The first-order valence-electron chi connectivity index (χ1n) is 9.49. The van der Waals surface area contributed by atoms with E-state index in [1.807, 2.05) is 30.3 Å². The van der Waals surface area contributed by atoms with Crippen LogP contribution in [0.3, 0.4) is 0 Å². The summed E-state index contributed by atoms with van der Waals surface area (Å²) in [5.41, 5.74) is 2.48. The number of hydrogen-bond donors (Lipinski definition) is 4. The molecular formula is C23H19N3O5. The van der Waals surface area contributed by atoms with Gasteiger partial charge in [0.25, 0.3) is 5.91 Å². The Morgan fingerprint density at radius 3 is 2.52 bits per heavy atom. The number of hydrogen-bond acceptors (Lipinski definition) is 5. The SMILES string of the molecule is O=C(O)CC(c1ccccc1)n1cnc2ccc(NC(=O)c3cc(O)ccc3O)cc21. The van der Waals surface area contributed by atoms with Crippen molar-refractivity contribution in [3.8, 4) is 11.5 Å². The molecule has 31 heavy (non-hydrogen) atoms. The zero-order chi connectivity index (χ0) is 22.0. The molecule has 1 heterocycles. The van der Waals surface area contributed by atoms with E-state index in [0.717, 1.165) is 5.56 Å². The van der Waals surface area contributed by atoms with E-state index in [1.54, 1.807) is 29.1 Å². The zero-order valence-electron chi connectivity index (χ0n) is 16.3. The Morgan fingerprint density at radius 1 is 1.00 bits per heavy atom. The maximum atomic E-state index is 12.6. The summed E-state index contributed by atoms with van der Waals surface area (Å²) in [6.07, 6.45) is 1.45. The Morgan fingerprint density at radius 2 is 1.77 bits per heavy atom. The van der Waals surface area contributed by atoms with Crippen molar-refractivity contribution in [1.82, 2.24) is 9.55 Å². The summed E-state index contributed by atoms with van der Waals surface area (Å²) >= 11 is 0. The van der Waals surface area contributed by atoms with Crippen molar-refractivity contribution in [2.75, 3.05) is 5.32 Å². The number of fused-ring (bicyclic) bond motifs is 1. The van der Waals surface area contributed by atoms with Gasteiger partial charge in [0.05, 0.1) is 35.4 Å². The van der Waals surface area contributed by atoms with Gasteiger partial charge in [-0.15, -0.1) is 0 Å². The molecule has 3 aromatic carbocycles. The van der Waals surface area contributed by atoms with Crippen LogP contribution >= 0.6 is 0 Å². The molecule has 8 nitrogen and oxygen atoms in total. The lowest BCUT2D eigenvalue weighted by molar-refractivity contribution is -0.137. The van der Waals surface area contributed by atoms with Crippen molar-refractivity contribution < 1.29 is 24.9 Å². The van der Waals surface area contributed by atoms with Crippen LogP contribution in [0.15, 0.2) is 73.1 Å². The van der Waals surface area contributed by atoms with Crippen LogP contribution in [-0.2, 0) is 4.79 Å². The summed E-state index contributed by atoms with van der Waals surface area (Å²) in [5.74, 6) is -1.94. The van der Waals surface area contributed by atoms with Crippen LogP contribution in [0.5, 0.6) is 11.5 Å². The van der Waals surface area contributed by atoms with Crippen LogP contribution in [0.2, 0.25) is 0 Å². The minimum Gasteiger partial charge on any atom is -0.508 e. The molecule has 0 aliphatic rings. The number of aliphatic carboxylic acids is 1. The molecule has 0 aliphatic heterocycles. The Labute approximate surface area is 177 Å². The summed E-state index contributed by atoms with van der Waals surface area (Å²) < 4.78 is 1.76. The number of nitrogens with one attached hydrogen (secondary N) is 1. The summed E-state index contributed by atoms with van der Waals surface area (Å²) in [6.45, 7) is 0. The van der Waals surface area contributed by atoms with Gasteiger partial charge in [0.1, 0.15) is 11.5 Å². The van der Waals surface area contributed by atoms with Crippen LogP contribution in [0.25, 0.3) is 11.0 Å². The fraction of sp³-hybridized carbons (Fsp3) is 0.0870. The molecule has 0 saturated heterocycles. The molecule has 1 unspecified atom stereocenters. The predicted octanol–water partition coefficient (Wildman–Crippen LogP) is 3.76. The lowest BCUT2D eigenvalue weighted by Crippen LogP contribution is -2.15. The molecule has 4 rings (SSSR count). The quantitative estimate of drug-likeness (QED) is 0.354. The van der Waals surface area contributed by atoms with E-state index >= 15 is 0 Å². The number of aromatic nitrogens is 2. The molecule has 1 aromatic heterocycles. The Balaban J connectivity index is 1.71. The average molecular weight is 417 g/mol. The molecule has 156 valence electrons. The standard InChI is InChI=1S/C23H19N3O5/c27-16-7-9-21(28)17(11-16)23(31)25-15-6-8-18-20(10-15)26(13-24-18)19(12-22(29)30)14-4-2-1-3-5-14/h1-11,13,19,27-28H,12H2,(H,25,31)(H,29,30). The van der Waals surface area contributed by atoms with E-state index in [9.17, 15) is 24.9 Å². The Bertz CT molecular complexity index is 1270. The highest BCUT2D eigenvalue weighted by molar-refractivity contribution is 6.07. The highest BCUT2D eigenvalue weighted by atomic mass is 16.4. The van der Waals surface area contributed by atoms with Gasteiger partial charge in [0, 0.05) is 5.69 Å². The van der Waals surface area contributed by atoms with Gasteiger partial charge >= 0.3 is 5.97 Å². The number of phenolic OH excluding ortho intramolecular Hbond substituents is 2. The van der Waals surface area contributed by atoms with Crippen molar-refractivity contribution in [2.45, 2.75) is 12.5 Å². The lowest BCUT2D eigenvalue weighted by Gasteiger charge is -2.18. The fourth-order valence-electron chi connectivity index (χ4n) is 3.47. The molecule has 0 radical (unpaired) electrons. The lowest BCUT2D eigenvalue weighted by atomic mass is 10.0. The third-order valence-electron chi connectivity index (χ3n) is 4.95. The fourth-order valence-corrected chi connectivity index (χ4v) is 3.47. The van der Waals surface area contributed by atoms with Crippen LogP contribution < -0.4 is 5.32 Å². The van der Waals surface area contributed by atoms with E-state index in [4.69, 9.17) is 0 Å². The van der Waals surface area contributed by atoms with Crippen LogP contribution in [0.1, 0.15) is 28.4 Å². The Kier molecular flexibility index (Phi) is 5.28. The summed E-state index contributed by atoms with van der Waals surface area (Å²) in [7, 11) is 0. The minimum atomic E-state index is -0.945. The molecule has 0 bridgehead atoms.